The number of ketones is 2. The first-order valence-electron chi connectivity index (χ1n) is 9.05. The van der Waals surface area contributed by atoms with E-state index in [0.717, 1.165) is 11.1 Å². The van der Waals surface area contributed by atoms with Gasteiger partial charge in [0.1, 0.15) is 18.2 Å². The Morgan fingerprint density at radius 3 is 2.18 bits per heavy atom. The van der Waals surface area contributed by atoms with Gasteiger partial charge in [0.2, 0.25) is 0 Å². The molecule has 0 spiro atoms. The maximum absolute atomic E-state index is 13.0. The number of carbonyl (C=O) groups excluding carboxylic acids is 2. The fourth-order valence-electron chi connectivity index (χ4n) is 3.11. The van der Waals surface area contributed by atoms with Crippen LogP contribution in [0.25, 0.3) is 0 Å². The van der Waals surface area contributed by atoms with Crippen molar-refractivity contribution < 1.29 is 19.1 Å². The summed E-state index contributed by atoms with van der Waals surface area (Å²) in [4.78, 5) is 23.9. The molecule has 0 fully saturated rings. The van der Waals surface area contributed by atoms with E-state index in [1.54, 1.807) is 24.3 Å². The highest BCUT2D eigenvalue weighted by Gasteiger charge is 2.18. The molecule has 2 N–H and O–H groups in total. The van der Waals surface area contributed by atoms with E-state index >= 15 is 0 Å². The van der Waals surface area contributed by atoms with E-state index in [9.17, 15) is 14.0 Å². The molecule has 0 aliphatic rings. The molecule has 0 radical (unpaired) electrons. The minimum atomic E-state index is -0.590. The van der Waals surface area contributed by atoms with E-state index in [0.29, 0.717) is 17.9 Å². The first-order chi connectivity index (χ1) is 13.4. The van der Waals surface area contributed by atoms with Crippen molar-refractivity contribution in [2.75, 3.05) is 6.61 Å². The molecule has 2 aromatic rings. The first kappa shape index (κ1) is 21.9. The van der Waals surface area contributed by atoms with Crippen molar-refractivity contribution in [2.45, 2.75) is 32.1 Å². The van der Waals surface area contributed by atoms with Crippen LogP contribution in [0.4, 0.5) is 4.39 Å². The van der Waals surface area contributed by atoms with Crippen LogP contribution in [-0.4, -0.2) is 29.0 Å². The third-order valence-corrected chi connectivity index (χ3v) is 4.64. The number of rotatable bonds is 11. The largest absolute Gasteiger partial charge is 0.389 e. The lowest BCUT2D eigenvalue weighted by molar-refractivity contribution is -0.120. The van der Waals surface area contributed by atoms with Gasteiger partial charge in [0.25, 0.3) is 0 Å². The van der Waals surface area contributed by atoms with E-state index in [-0.39, 0.29) is 42.5 Å². The van der Waals surface area contributed by atoms with Crippen LogP contribution in [0.5, 0.6) is 0 Å². The van der Waals surface area contributed by atoms with Crippen LogP contribution in [-0.2, 0) is 22.4 Å². The van der Waals surface area contributed by atoms with Crippen molar-refractivity contribution >= 4 is 28.9 Å². The summed E-state index contributed by atoms with van der Waals surface area (Å²) >= 11 is 5.92. The summed E-state index contributed by atoms with van der Waals surface area (Å²) in [5.41, 5.74) is 1.93. The lowest BCUT2D eigenvalue weighted by Crippen LogP contribution is -2.19. The molecule has 0 aliphatic heterocycles. The molecule has 0 saturated heterocycles. The lowest BCUT2D eigenvalue weighted by atomic mass is 9.87. The normalized spacial score (nSPS) is 11.8. The van der Waals surface area contributed by atoms with Gasteiger partial charge < -0.3 is 10.5 Å². The highest BCUT2D eigenvalue weighted by Crippen LogP contribution is 2.21. The van der Waals surface area contributed by atoms with Gasteiger partial charge in [-0.3, -0.25) is 9.59 Å². The molecule has 6 heteroatoms. The standard InChI is InChI=1S/C22H23ClFNO3/c23-18-5-1-15(2-6-18)9-17(10-20(25)13-22(28)14-26)12-21(27)11-16-3-7-19(24)8-4-16/h1-8,17,25-26H,9-14H2/t17-/m0/s1. The average molecular weight is 404 g/mol. The molecule has 0 aliphatic carbocycles. The van der Waals surface area contributed by atoms with Gasteiger partial charge in [-0.1, -0.05) is 35.9 Å². The Bertz CT molecular complexity index is 819. The van der Waals surface area contributed by atoms with Crippen LogP contribution in [0.15, 0.2) is 48.5 Å². The molecule has 2 aromatic carbocycles. The molecule has 4 nitrogen and oxygen atoms in total. The monoisotopic (exact) mass is 403 g/mol. The number of aliphatic hydroxyl groups excluding tert-OH is 1. The zero-order chi connectivity index (χ0) is 20.5. The number of halogens is 2. The van der Waals surface area contributed by atoms with Crippen molar-refractivity contribution in [1.29, 1.82) is 5.41 Å². The summed E-state index contributed by atoms with van der Waals surface area (Å²) in [6.45, 7) is -0.590. The van der Waals surface area contributed by atoms with Crippen molar-refractivity contribution in [3.8, 4) is 0 Å². The molecule has 28 heavy (non-hydrogen) atoms. The summed E-state index contributed by atoms with van der Waals surface area (Å²) in [6, 6.07) is 13.1. The van der Waals surface area contributed by atoms with Gasteiger partial charge in [0.05, 0.1) is 0 Å². The lowest BCUT2D eigenvalue weighted by Gasteiger charge is -2.17. The number of benzene rings is 2. The molecule has 0 saturated carbocycles. The second kappa shape index (κ2) is 10.8. The molecule has 2 rings (SSSR count). The zero-order valence-electron chi connectivity index (χ0n) is 15.5. The van der Waals surface area contributed by atoms with Crippen molar-refractivity contribution in [3.05, 3.63) is 70.5 Å². The second-order valence-corrected chi connectivity index (χ2v) is 7.36. The topological polar surface area (TPSA) is 78.2 Å². The SMILES string of the molecule is N=C(CC(=O)CO)C[C@@H](CC(=O)Cc1ccc(F)cc1)Cc1ccc(Cl)cc1. The molecule has 0 bridgehead atoms. The van der Waals surface area contributed by atoms with Crippen LogP contribution >= 0.6 is 11.6 Å². The second-order valence-electron chi connectivity index (χ2n) is 6.92. The molecule has 0 amide bonds. The molecule has 148 valence electrons. The minimum absolute atomic E-state index is 0.00754. The Labute approximate surface area is 168 Å². The number of hydrogen-bond donors (Lipinski definition) is 2. The van der Waals surface area contributed by atoms with Gasteiger partial charge in [0.15, 0.2) is 5.78 Å². The van der Waals surface area contributed by atoms with Gasteiger partial charge in [-0.05, 0) is 54.2 Å². The predicted molar refractivity (Wildman–Crippen MR) is 107 cm³/mol. The van der Waals surface area contributed by atoms with E-state index in [4.69, 9.17) is 22.1 Å². The maximum atomic E-state index is 13.0. The van der Waals surface area contributed by atoms with Gasteiger partial charge in [0, 0.05) is 30.0 Å². The van der Waals surface area contributed by atoms with E-state index in [1.165, 1.54) is 12.1 Å². The number of carbonyl (C=O) groups is 2. The van der Waals surface area contributed by atoms with Crippen LogP contribution in [0, 0.1) is 17.1 Å². The summed E-state index contributed by atoms with van der Waals surface area (Å²) in [5, 5.41) is 17.5. The van der Waals surface area contributed by atoms with Gasteiger partial charge in [-0.25, -0.2) is 4.39 Å². The Morgan fingerprint density at radius 2 is 1.57 bits per heavy atom. The fourth-order valence-corrected chi connectivity index (χ4v) is 3.23. The Morgan fingerprint density at radius 1 is 0.964 bits per heavy atom. The van der Waals surface area contributed by atoms with E-state index in [2.05, 4.69) is 0 Å². The highest BCUT2D eigenvalue weighted by molar-refractivity contribution is 6.30. The van der Waals surface area contributed by atoms with Crippen LogP contribution in [0.3, 0.4) is 0 Å². The number of aliphatic hydroxyl groups is 1. The summed E-state index contributed by atoms with van der Waals surface area (Å²) < 4.78 is 13.0. The molecule has 0 unspecified atom stereocenters. The highest BCUT2D eigenvalue weighted by atomic mass is 35.5. The zero-order valence-corrected chi connectivity index (χ0v) is 16.2. The molecule has 1 atom stereocenters. The third-order valence-electron chi connectivity index (χ3n) is 4.39. The Kier molecular flexibility index (Phi) is 8.48. The van der Waals surface area contributed by atoms with Crippen LogP contribution < -0.4 is 0 Å². The van der Waals surface area contributed by atoms with E-state index < -0.39 is 12.4 Å². The van der Waals surface area contributed by atoms with Crippen LogP contribution in [0.1, 0.15) is 30.4 Å². The smallest absolute Gasteiger partial charge is 0.163 e. The van der Waals surface area contributed by atoms with Crippen molar-refractivity contribution in [3.63, 3.8) is 0 Å². The van der Waals surface area contributed by atoms with Gasteiger partial charge in [-0.15, -0.1) is 0 Å². The summed E-state index contributed by atoms with van der Waals surface area (Å²) in [5.74, 6) is -0.910. The minimum Gasteiger partial charge on any atom is -0.389 e. The van der Waals surface area contributed by atoms with Gasteiger partial charge >= 0.3 is 0 Å². The number of nitrogens with one attached hydrogen (secondary N) is 1. The number of Topliss-reactive ketones (excluding diaryl/α,β-unsaturated/α-hetero) is 2. The van der Waals surface area contributed by atoms with Crippen LogP contribution in [0.2, 0.25) is 5.02 Å². The molecule has 0 heterocycles. The Hall–Kier alpha value is -2.37. The number of hydrogen-bond acceptors (Lipinski definition) is 4. The maximum Gasteiger partial charge on any atom is 0.163 e. The summed E-state index contributed by atoms with van der Waals surface area (Å²) in [6.07, 6.45) is 1.20. The Balaban J connectivity index is 2.04. The summed E-state index contributed by atoms with van der Waals surface area (Å²) in [7, 11) is 0. The molecular weight excluding hydrogens is 381 g/mol. The van der Waals surface area contributed by atoms with E-state index in [1.807, 2.05) is 12.1 Å². The molecule has 0 aromatic heterocycles. The van der Waals surface area contributed by atoms with Crippen molar-refractivity contribution in [1.82, 2.24) is 0 Å². The first-order valence-corrected chi connectivity index (χ1v) is 9.43. The molecular formula is C22H23ClFNO3. The third kappa shape index (κ3) is 7.71. The van der Waals surface area contributed by atoms with Gasteiger partial charge in [-0.2, -0.15) is 0 Å². The van der Waals surface area contributed by atoms with Crippen molar-refractivity contribution in [2.24, 2.45) is 5.92 Å². The average Bonchev–Trinajstić information content (AvgIpc) is 2.65. The fraction of sp³-hybridized carbons (Fsp3) is 0.318. The quantitative estimate of drug-likeness (QED) is 0.552. The predicted octanol–water partition coefficient (Wildman–Crippen LogP) is 4.20.